The SMILES string of the molecule is CCc1c(F)ccc2cc(OCOC)cc(-c3nc4c5c(nc(OCC6(CN7CC=C[C@@H]7CO[Si](C)(C)C(C)(C)C)CC6)nc5c3F)N3C[C@H]5CC[C@@H]([C@H]3CO4)N5C(=O)OC(C)(C)C)c12. The molecule has 4 atom stereocenters. The summed E-state index contributed by atoms with van der Waals surface area (Å²) in [6, 6.07) is 5.95. The summed E-state index contributed by atoms with van der Waals surface area (Å²) in [6.45, 7) is 22.0. The fourth-order valence-electron chi connectivity index (χ4n) is 9.77. The first kappa shape index (κ1) is 45.5. The van der Waals surface area contributed by atoms with E-state index in [1.165, 1.54) is 13.2 Å². The van der Waals surface area contributed by atoms with E-state index in [2.05, 4.69) is 55.8 Å². The molecule has 9 rings (SSSR count). The van der Waals surface area contributed by atoms with Crippen LogP contribution in [0.1, 0.15) is 79.7 Å². The molecular weight excluding hydrogens is 851 g/mol. The number of carbonyl (C=O) groups excluding carboxylic acids is 1. The first-order valence-electron chi connectivity index (χ1n) is 23.2. The highest BCUT2D eigenvalue weighted by molar-refractivity contribution is 6.74. The van der Waals surface area contributed by atoms with Crippen molar-refractivity contribution >= 4 is 41.9 Å². The van der Waals surface area contributed by atoms with Gasteiger partial charge in [-0.05, 0) is 106 Å². The fourth-order valence-corrected chi connectivity index (χ4v) is 10.8. The molecule has 0 spiro atoms. The van der Waals surface area contributed by atoms with Gasteiger partial charge in [0.1, 0.15) is 46.2 Å². The van der Waals surface area contributed by atoms with Crippen LogP contribution in [0.25, 0.3) is 32.9 Å². The van der Waals surface area contributed by atoms with Crippen molar-refractivity contribution in [1.82, 2.24) is 24.8 Å². The number of piperazine rings is 1. The zero-order valence-electron chi connectivity index (χ0n) is 39.6. The number of fused-ring (bicyclic) bond motifs is 6. The lowest BCUT2D eigenvalue weighted by Gasteiger charge is -2.46. The predicted octanol–water partition coefficient (Wildman–Crippen LogP) is 9.44. The van der Waals surface area contributed by atoms with Gasteiger partial charge in [0.05, 0.1) is 37.4 Å². The lowest BCUT2D eigenvalue weighted by atomic mass is 9.94. The molecule has 350 valence electrons. The number of rotatable bonds is 13. The number of pyridine rings is 1. The maximum atomic E-state index is 17.8. The highest BCUT2D eigenvalue weighted by atomic mass is 28.4. The Bertz CT molecular complexity index is 2520. The number of hydrogen-bond acceptors (Lipinski definition) is 12. The molecule has 16 heteroatoms. The van der Waals surface area contributed by atoms with Crippen LogP contribution in [-0.4, -0.2) is 122 Å². The number of ether oxygens (including phenoxy) is 5. The van der Waals surface area contributed by atoms with Crippen LogP contribution in [0.3, 0.4) is 0 Å². The molecule has 0 radical (unpaired) electrons. The van der Waals surface area contributed by atoms with Crippen LogP contribution in [0.2, 0.25) is 18.1 Å². The van der Waals surface area contributed by atoms with Crippen LogP contribution < -0.4 is 19.1 Å². The van der Waals surface area contributed by atoms with Crippen LogP contribution in [0.4, 0.5) is 19.4 Å². The van der Waals surface area contributed by atoms with E-state index in [-0.39, 0.29) is 77.2 Å². The zero-order chi connectivity index (χ0) is 46.2. The van der Waals surface area contributed by atoms with Crippen molar-refractivity contribution in [3.8, 4) is 28.9 Å². The van der Waals surface area contributed by atoms with Crippen LogP contribution in [0.15, 0.2) is 36.4 Å². The smallest absolute Gasteiger partial charge is 0.410 e. The van der Waals surface area contributed by atoms with Crippen LogP contribution >= 0.6 is 0 Å². The van der Waals surface area contributed by atoms with Gasteiger partial charge in [0.15, 0.2) is 20.9 Å². The third kappa shape index (κ3) is 8.64. The summed E-state index contributed by atoms with van der Waals surface area (Å²) in [5.41, 5.74) is -0.149. The van der Waals surface area contributed by atoms with Gasteiger partial charge in [0.25, 0.3) is 0 Å². The molecule has 5 aliphatic rings. The summed E-state index contributed by atoms with van der Waals surface area (Å²) >= 11 is 0. The fraction of sp³-hybridized carbons (Fsp3) is 0.592. The minimum absolute atomic E-state index is 0.0187. The summed E-state index contributed by atoms with van der Waals surface area (Å²) in [7, 11) is -0.422. The summed E-state index contributed by atoms with van der Waals surface area (Å²) < 4.78 is 70.4. The van der Waals surface area contributed by atoms with Crippen molar-refractivity contribution in [2.45, 2.75) is 128 Å². The standard InChI is InChI=1S/C49H64F2N6O7Si/c1-11-33-35(50)16-14-29-21-32(62-28-59-8)22-34(38(29)33)41-40(51)42-39-43(56-23-30-15-17-36(37(56)25-60-44(39)52-41)57(30)46(58)64-47(2,3)4)54-45(53-42)61-27-49(18-19-49)26-55-20-12-13-31(55)24-63-65(9,10)48(5,6)7/h12-14,16,21-22,30-31,36-37H,11,15,17-20,23-28H2,1-10H3/t30-,31-,36+,37-/m1/s1. The van der Waals surface area contributed by atoms with E-state index in [1.54, 1.807) is 18.2 Å². The molecule has 1 saturated carbocycles. The Kier molecular flexibility index (Phi) is 11.8. The molecule has 4 aliphatic heterocycles. The third-order valence-corrected chi connectivity index (χ3v) is 19.0. The van der Waals surface area contributed by atoms with Crippen molar-refractivity contribution < 1.29 is 41.7 Å². The van der Waals surface area contributed by atoms with E-state index in [9.17, 15) is 4.79 Å². The quantitative estimate of drug-likeness (QED) is 0.0722. The molecule has 2 bridgehead atoms. The molecule has 1 amide bonds. The van der Waals surface area contributed by atoms with E-state index in [0.717, 1.165) is 38.8 Å². The number of benzene rings is 2. The van der Waals surface area contributed by atoms with Gasteiger partial charge in [-0.1, -0.05) is 45.9 Å². The highest BCUT2D eigenvalue weighted by Crippen LogP contribution is 2.49. The molecule has 4 aromatic rings. The summed E-state index contributed by atoms with van der Waals surface area (Å²) in [4.78, 5) is 35.0. The number of aromatic nitrogens is 3. The number of aryl methyl sites for hydroxylation is 1. The molecule has 6 heterocycles. The molecule has 2 aromatic heterocycles. The first-order chi connectivity index (χ1) is 30.8. The maximum absolute atomic E-state index is 17.8. The number of amides is 1. The van der Waals surface area contributed by atoms with Crippen molar-refractivity contribution in [2.24, 2.45) is 5.41 Å². The average Bonchev–Trinajstić information content (AvgIpc) is 3.79. The Morgan fingerprint density at radius 2 is 1.78 bits per heavy atom. The van der Waals surface area contributed by atoms with Crippen molar-refractivity contribution in [3.63, 3.8) is 0 Å². The number of anilines is 1. The molecule has 0 N–H and O–H groups in total. The minimum atomic E-state index is -1.94. The van der Waals surface area contributed by atoms with Crippen molar-refractivity contribution in [1.29, 1.82) is 0 Å². The Morgan fingerprint density at radius 1 is 1.00 bits per heavy atom. The topological polar surface area (TPSA) is 121 Å². The monoisotopic (exact) mass is 914 g/mol. The van der Waals surface area contributed by atoms with Gasteiger partial charge in [-0.2, -0.15) is 9.97 Å². The molecule has 13 nitrogen and oxygen atoms in total. The Morgan fingerprint density at radius 3 is 2.49 bits per heavy atom. The summed E-state index contributed by atoms with van der Waals surface area (Å²) in [5, 5.41) is 1.60. The second-order valence-electron chi connectivity index (χ2n) is 21.1. The number of methoxy groups -OCH3 is 1. The van der Waals surface area contributed by atoms with Crippen LogP contribution in [-0.2, 0) is 20.3 Å². The van der Waals surface area contributed by atoms with Crippen molar-refractivity contribution in [3.05, 3.63) is 53.6 Å². The molecule has 2 saturated heterocycles. The molecular formula is C49H64F2N6O7Si. The number of halogens is 2. The Labute approximate surface area is 381 Å². The van der Waals surface area contributed by atoms with Gasteiger partial charge in [-0.25, -0.2) is 18.6 Å². The van der Waals surface area contributed by atoms with Gasteiger partial charge < -0.3 is 33.0 Å². The summed E-state index contributed by atoms with van der Waals surface area (Å²) in [6.07, 6.45) is 7.91. The van der Waals surface area contributed by atoms with Gasteiger partial charge in [0.2, 0.25) is 5.88 Å². The summed E-state index contributed by atoms with van der Waals surface area (Å²) in [5.74, 6) is -0.142. The Hall–Kier alpha value is -4.64. The third-order valence-electron chi connectivity index (χ3n) is 14.5. The molecule has 2 aromatic carbocycles. The van der Waals surface area contributed by atoms with E-state index >= 15 is 8.78 Å². The maximum Gasteiger partial charge on any atom is 0.410 e. The number of nitrogens with zero attached hydrogens (tertiary/aromatic N) is 6. The highest BCUT2D eigenvalue weighted by Gasteiger charge is 2.52. The largest absolute Gasteiger partial charge is 0.475 e. The van der Waals surface area contributed by atoms with Gasteiger partial charge in [-0.3, -0.25) is 9.80 Å². The van der Waals surface area contributed by atoms with Crippen molar-refractivity contribution in [2.75, 3.05) is 58.3 Å². The normalized spacial score (nSPS) is 22.6. The lowest BCUT2D eigenvalue weighted by molar-refractivity contribution is 0.00537. The van der Waals surface area contributed by atoms with Crippen LogP contribution in [0.5, 0.6) is 17.6 Å². The first-order valence-corrected chi connectivity index (χ1v) is 26.1. The molecule has 65 heavy (non-hydrogen) atoms. The van der Waals surface area contributed by atoms with Crippen LogP contribution in [0, 0.1) is 17.0 Å². The Balaban J connectivity index is 1.11. The second-order valence-corrected chi connectivity index (χ2v) is 25.9. The zero-order valence-corrected chi connectivity index (χ0v) is 40.6. The van der Waals surface area contributed by atoms with E-state index in [1.807, 2.05) is 32.6 Å². The number of carbonyl (C=O) groups is 1. The second kappa shape index (κ2) is 16.9. The lowest BCUT2D eigenvalue weighted by Crippen LogP contribution is -2.63. The molecule has 1 aliphatic carbocycles. The van der Waals surface area contributed by atoms with E-state index < -0.39 is 25.6 Å². The minimum Gasteiger partial charge on any atom is -0.475 e. The van der Waals surface area contributed by atoms with Gasteiger partial charge in [-0.15, -0.1) is 0 Å². The van der Waals surface area contributed by atoms with Gasteiger partial charge >= 0.3 is 12.1 Å². The number of hydrogen-bond donors (Lipinski definition) is 0. The molecule has 0 unspecified atom stereocenters. The van der Waals surface area contributed by atoms with Gasteiger partial charge in [0, 0.05) is 37.7 Å². The average molecular weight is 915 g/mol. The molecule has 3 fully saturated rings. The predicted molar refractivity (Wildman–Crippen MR) is 248 cm³/mol. The van der Waals surface area contributed by atoms with E-state index in [4.69, 9.17) is 43.1 Å². The van der Waals surface area contributed by atoms with E-state index in [0.29, 0.717) is 65.0 Å².